The van der Waals surface area contributed by atoms with Crippen molar-refractivity contribution in [2.45, 2.75) is 32.6 Å². The number of hydrogen-bond acceptors (Lipinski definition) is 2. The minimum Gasteiger partial charge on any atom is -0.494 e. The minimum atomic E-state index is 0.226. The fourth-order valence-electron chi connectivity index (χ4n) is 2.36. The molecule has 0 bridgehead atoms. The molecule has 0 radical (unpaired) electrons. The van der Waals surface area contributed by atoms with E-state index in [0.717, 1.165) is 28.6 Å². The van der Waals surface area contributed by atoms with Crippen LogP contribution in [0.15, 0.2) is 22.7 Å². The van der Waals surface area contributed by atoms with E-state index in [-0.39, 0.29) is 11.7 Å². The zero-order chi connectivity index (χ0) is 12.3. The van der Waals surface area contributed by atoms with Gasteiger partial charge in [0.15, 0.2) is 5.78 Å². The van der Waals surface area contributed by atoms with Crippen LogP contribution in [0, 0.1) is 5.92 Å². The Kier molecular flexibility index (Phi) is 4.21. The van der Waals surface area contributed by atoms with Gasteiger partial charge in [0, 0.05) is 16.0 Å². The first kappa shape index (κ1) is 12.6. The number of Topliss-reactive ketones (excluding diaryl/α,β-unsaturated/α-hetero) is 1. The number of carbonyl (C=O) groups excluding carboxylic acids is 1. The van der Waals surface area contributed by atoms with E-state index in [2.05, 4.69) is 15.9 Å². The third-order valence-electron chi connectivity index (χ3n) is 3.24. The molecule has 1 aromatic rings. The summed E-state index contributed by atoms with van der Waals surface area (Å²) in [5.74, 6) is 1.31. The lowest BCUT2D eigenvalue weighted by Crippen LogP contribution is -2.11. The molecule has 17 heavy (non-hydrogen) atoms. The summed E-state index contributed by atoms with van der Waals surface area (Å²) < 4.78 is 6.25. The Morgan fingerprint density at radius 3 is 2.71 bits per heavy atom. The van der Waals surface area contributed by atoms with E-state index < -0.39 is 0 Å². The van der Waals surface area contributed by atoms with Crippen LogP contribution >= 0.6 is 15.9 Å². The zero-order valence-corrected chi connectivity index (χ0v) is 11.6. The number of ketones is 1. The van der Waals surface area contributed by atoms with Gasteiger partial charge in [-0.2, -0.15) is 0 Å². The highest BCUT2D eigenvalue weighted by molar-refractivity contribution is 9.10. The molecule has 0 atom stereocenters. The fourth-order valence-corrected chi connectivity index (χ4v) is 2.91. The first-order valence-electron chi connectivity index (χ1n) is 6.19. The second-order valence-electron chi connectivity index (χ2n) is 4.42. The van der Waals surface area contributed by atoms with E-state index in [1.54, 1.807) is 0 Å². The van der Waals surface area contributed by atoms with Gasteiger partial charge >= 0.3 is 0 Å². The summed E-state index contributed by atoms with van der Waals surface area (Å²) in [6.45, 7) is 2.59. The minimum absolute atomic E-state index is 0.226. The van der Waals surface area contributed by atoms with E-state index in [9.17, 15) is 4.79 Å². The predicted molar refractivity (Wildman–Crippen MR) is 71.6 cm³/mol. The maximum atomic E-state index is 12.3. The van der Waals surface area contributed by atoms with Crippen molar-refractivity contribution < 1.29 is 9.53 Å². The van der Waals surface area contributed by atoms with Crippen LogP contribution in [0.1, 0.15) is 43.0 Å². The molecular formula is C14H17BrO2. The lowest BCUT2D eigenvalue weighted by atomic mass is 9.96. The monoisotopic (exact) mass is 296 g/mol. The highest BCUT2D eigenvalue weighted by Crippen LogP contribution is 2.31. The van der Waals surface area contributed by atoms with Crippen molar-refractivity contribution in [1.29, 1.82) is 0 Å². The third-order valence-corrected chi connectivity index (χ3v) is 3.90. The number of carbonyl (C=O) groups is 1. The van der Waals surface area contributed by atoms with Crippen LogP contribution in [-0.4, -0.2) is 12.4 Å². The smallest absolute Gasteiger partial charge is 0.167 e. The lowest BCUT2D eigenvalue weighted by Gasteiger charge is -2.11. The summed E-state index contributed by atoms with van der Waals surface area (Å²) in [6.07, 6.45) is 4.45. The summed E-state index contributed by atoms with van der Waals surface area (Å²) in [4.78, 5) is 12.3. The number of rotatable bonds is 4. The van der Waals surface area contributed by atoms with Crippen LogP contribution in [0.25, 0.3) is 0 Å². The molecule has 2 rings (SSSR count). The molecular weight excluding hydrogens is 280 g/mol. The molecule has 0 aliphatic heterocycles. The molecule has 3 heteroatoms. The van der Waals surface area contributed by atoms with E-state index >= 15 is 0 Å². The number of benzene rings is 1. The van der Waals surface area contributed by atoms with Crippen molar-refractivity contribution in [2.24, 2.45) is 5.92 Å². The Labute approximate surface area is 110 Å². The van der Waals surface area contributed by atoms with Gasteiger partial charge in [-0.15, -0.1) is 0 Å². The van der Waals surface area contributed by atoms with Crippen LogP contribution < -0.4 is 4.74 Å². The fraction of sp³-hybridized carbons (Fsp3) is 0.500. The summed E-state index contributed by atoms with van der Waals surface area (Å²) >= 11 is 3.46. The summed E-state index contributed by atoms with van der Waals surface area (Å²) in [7, 11) is 0. The Morgan fingerprint density at radius 1 is 1.41 bits per heavy atom. The van der Waals surface area contributed by atoms with Crippen LogP contribution in [-0.2, 0) is 0 Å². The van der Waals surface area contributed by atoms with Crippen molar-refractivity contribution >= 4 is 21.7 Å². The SMILES string of the molecule is CCOc1ccc(C(=O)C2CCCC2)c(Br)c1. The molecule has 0 saturated heterocycles. The van der Waals surface area contributed by atoms with Gasteiger partial charge in [-0.1, -0.05) is 12.8 Å². The van der Waals surface area contributed by atoms with E-state index in [0.29, 0.717) is 6.61 Å². The van der Waals surface area contributed by atoms with Gasteiger partial charge in [0.2, 0.25) is 0 Å². The Hall–Kier alpha value is -0.830. The molecule has 0 heterocycles. The maximum absolute atomic E-state index is 12.3. The van der Waals surface area contributed by atoms with Gasteiger partial charge in [-0.25, -0.2) is 0 Å². The topological polar surface area (TPSA) is 26.3 Å². The summed E-state index contributed by atoms with van der Waals surface area (Å²) in [6, 6.07) is 5.62. The van der Waals surface area contributed by atoms with Gasteiger partial charge in [-0.3, -0.25) is 4.79 Å². The molecule has 0 N–H and O–H groups in total. The van der Waals surface area contributed by atoms with Gasteiger partial charge in [0.05, 0.1) is 6.61 Å². The average molecular weight is 297 g/mol. The number of halogens is 1. The molecule has 1 saturated carbocycles. The molecule has 0 amide bonds. The summed E-state index contributed by atoms with van der Waals surface area (Å²) in [5.41, 5.74) is 0.792. The normalized spacial score (nSPS) is 16.1. The van der Waals surface area contributed by atoms with Crippen molar-refractivity contribution in [3.05, 3.63) is 28.2 Å². The van der Waals surface area contributed by atoms with E-state index in [1.165, 1.54) is 12.8 Å². The van der Waals surface area contributed by atoms with E-state index in [1.807, 2.05) is 25.1 Å². The van der Waals surface area contributed by atoms with Crippen molar-refractivity contribution in [1.82, 2.24) is 0 Å². The molecule has 0 unspecified atom stereocenters. The van der Waals surface area contributed by atoms with E-state index in [4.69, 9.17) is 4.74 Å². The second kappa shape index (κ2) is 5.67. The largest absolute Gasteiger partial charge is 0.494 e. The average Bonchev–Trinajstić information content (AvgIpc) is 2.82. The maximum Gasteiger partial charge on any atom is 0.167 e. The number of hydrogen-bond donors (Lipinski definition) is 0. The molecule has 1 fully saturated rings. The lowest BCUT2D eigenvalue weighted by molar-refractivity contribution is 0.0922. The quantitative estimate of drug-likeness (QED) is 0.778. The Morgan fingerprint density at radius 2 is 2.12 bits per heavy atom. The van der Waals surface area contributed by atoms with Crippen molar-refractivity contribution in [2.75, 3.05) is 6.61 Å². The van der Waals surface area contributed by atoms with Gasteiger partial charge in [0.25, 0.3) is 0 Å². The van der Waals surface area contributed by atoms with Crippen LogP contribution in [0.3, 0.4) is 0 Å². The Balaban J connectivity index is 2.17. The molecule has 92 valence electrons. The van der Waals surface area contributed by atoms with Crippen LogP contribution in [0.4, 0.5) is 0 Å². The standard InChI is InChI=1S/C14H17BrO2/c1-2-17-11-7-8-12(13(15)9-11)14(16)10-5-3-4-6-10/h7-10H,2-6H2,1H3. The highest BCUT2D eigenvalue weighted by Gasteiger charge is 2.25. The first-order valence-corrected chi connectivity index (χ1v) is 6.98. The van der Waals surface area contributed by atoms with Gasteiger partial charge in [0.1, 0.15) is 5.75 Å². The second-order valence-corrected chi connectivity index (χ2v) is 5.27. The van der Waals surface area contributed by atoms with Crippen molar-refractivity contribution in [3.63, 3.8) is 0 Å². The van der Waals surface area contributed by atoms with Gasteiger partial charge < -0.3 is 4.74 Å². The van der Waals surface area contributed by atoms with Crippen LogP contribution in [0.5, 0.6) is 5.75 Å². The van der Waals surface area contributed by atoms with Crippen molar-refractivity contribution in [3.8, 4) is 5.75 Å². The third kappa shape index (κ3) is 2.89. The first-order chi connectivity index (χ1) is 8.22. The predicted octanol–water partition coefficient (Wildman–Crippen LogP) is 4.22. The number of ether oxygens (including phenoxy) is 1. The molecule has 1 aliphatic carbocycles. The Bertz CT molecular complexity index is 409. The van der Waals surface area contributed by atoms with Gasteiger partial charge in [-0.05, 0) is 53.9 Å². The molecule has 0 spiro atoms. The molecule has 0 aromatic heterocycles. The highest BCUT2D eigenvalue weighted by atomic mass is 79.9. The molecule has 2 nitrogen and oxygen atoms in total. The molecule has 1 aliphatic rings. The van der Waals surface area contributed by atoms with Crippen LogP contribution in [0.2, 0.25) is 0 Å². The zero-order valence-electron chi connectivity index (χ0n) is 10.0. The molecule has 1 aromatic carbocycles. The summed E-state index contributed by atoms with van der Waals surface area (Å²) in [5, 5.41) is 0.